The lowest BCUT2D eigenvalue weighted by atomic mass is 9.48. The van der Waals surface area contributed by atoms with Crippen LogP contribution in [0.4, 0.5) is 0 Å². The van der Waals surface area contributed by atoms with Gasteiger partial charge in [-0.15, -0.1) is 0 Å². The van der Waals surface area contributed by atoms with Gasteiger partial charge in [-0.1, -0.05) is 78.5 Å². The molecule has 2 nitrogen and oxygen atoms in total. The van der Waals surface area contributed by atoms with Crippen LogP contribution in [0.1, 0.15) is 106 Å². The fraction of sp³-hybridized carbons (Fsp3) is 0.926. The van der Waals surface area contributed by atoms with Gasteiger partial charge in [0, 0.05) is 0 Å². The van der Waals surface area contributed by atoms with Crippen molar-refractivity contribution in [2.45, 2.75) is 106 Å². The summed E-state index contributed by atoms with van der Waals surface area (Å²) in [6.45, 7) is 15.1. The second-order valence-electron chi connectivity index (χ2n) is 11.8. The van der Waals surface area contributed by atoms with E-state index in [9.17, 15) is 4.91 Å². The summed E-state index contributed by atoms with van der Waals surface area (Å²) in [4.78, 5) is 11.1. The predicted molar refractivity (Wildman–Crippen MR) is 125 cm³/mol. The number of nitrogens with zero attached hydrogens (tertiary/aromatic N) is 1. The molecule has 3 aliphatic carbocycles. The van der Waals surface area contributed by atoms with Crippen LogP contribution >= 0.6 is 0 Å². The molecule has 0 aromatic carbocycles. The molecule has 0 spiro atoms. The van der Waals surface area contributed by atoms with Crippen molar-refractivity contribution in [3.63, 3.8) is 0 Å². The first kappa shape index (κ1) is 23.0. The Balaban J connectivity index is 1.77. The van der Waals surface area contributed by atoms with Gasteiger partial charge in [0.2, 0.25) is 0 Å². The lowest BCUT2D eigenvalue weighted by Crippen LogP contribution is -2.49. The van der Waals surface area contributed by atoms with Gasteiger partial charge in [-0.05, 0) is 90.4 Å². The quantitative estimate of drug-likeness (QED) is 0.281. The second kappa shape index (κ2) is 9.23. The zero-order valence-electron chi connectivity index (χ0n) is 20.2. The van der Waals surface area contributed by atoms with E-state index < -0.39 is 0 Å². The lowest BCUT2D eigenvalue weighted by Gasteiger charge is -2.57. The van der Waals surface area contributed by atoms with Crippen molar-refractivity contribution in [3.8, 4) is 0 Å². The molecule has 0 N–H and O–H groups in total. The highest BCUT2D eigenvalue weighted by Gasteiger charge is 2.58. The Bertz CT molecular complexity index is 595. The molecule has 7 atom stereocenters. The molecule has 3 aliphatic rings. The highest BCUT2D eigenvalue weighted by molar-refractivity contribution is 5.24. The first-order valence-electron chi connectivity index (χ1n) is 12.8. The van der Waals surface area contributed by atoms with Gasteiger partial charge < -0.3 is 0 Å². The largest absolute Gasteiger partial charge is 0.150 e. The molecule has 7 unspecified atom stereocenters. The number of hydrogen-bond donors (Lipinski definition) is 0. The number of rotatable bonds is 9. The maximum absolute atomic E-state index is 11.1. The molecule has 0 aliphatic heterocycles. The number of hydrogen-bond acceptors (Lipinski definition) is 2. The smallest absolute Gasteiger partial charge is 0.103 e. The summed E-state index contributed by atoms with van der Waals surface area (Å²) in [7, 11) is 0. The highest BCUT2D eigenvalue weighted by Crippen LogP contribution is 2.66. The summed E-state index contributed by atoms with van der Waals surface area (Å²) < 4.78 is 0. The van der Waals surface area contributed by atoms with E-state index in [0.717, 1.165) is 35.5 Å². The van der Waals surface area contributed by atoms with Crippen LogP contribution < -0.4 is 0 Å². The first-order valence-corrected chi connectivity index (χ1v) is 12.8. The van der Waals surface area contributed by atoms with Crippen LogP contribution in [0, 0.1) is 51.2 Å². The summed E-state index contributed by atoms with van der Waals surface area (Å²) in [5.41, 5.74) is 2.10. The fourth-order valence-electron chi connectivity index (χ4n) is 8.36. The van der Waals surface area contributed by atoms with Crippen LogP contribution in [0.5, 0.6) is 0 Å². The van der Waals surface area contributed by atoms with Gasteiger partial charge in [-0.25, -0.2) is 0 Å². The van der Waals surface area contributed by atoms with Gasteiger partial charge in [0.1, 0.15) is 6.54 Å². The van der Waals surface area contributed by atoms with Crippen molar-refractivity contribution >= 4 is 0 Å². The third kappa shape index (κ3) is 4.24. The average molecular weight is 402 g/mol. The molecule has 0 saturated heterocycles. The van der Waals surface area contributed by atoms with Crippen molar-refractivity contribution in [2.75, 3.05) is 6.54 Å². The van der Waals surface area contributed by atoms with E-state index in [2.05, 4.69) is 52.8 Å². The summed E-state index contributed by atoms with van der Waals surface area (Å²) in [6, 6.07) is 0. The third-order valence-electron chi connectivity index (χ3n) is 9.83. The van der Waals surface area contributed by atoms with Gasteiger partial charge in [0.05, 0.1) is 0 Å². The van der Waals surface area contributed by atoms with Crippen molar-refractivity contribution in [1.29, 1.82) is 0 Å². The molecular formula is C27H47NO. The molecule has 0 bridgehead atoms. The van der Waals surface area contributed by atoms with Gasteiger partial charge >= 0.3 is 0 Å². The summed E-state index contributed by atoms with van der Waals surface area (Å²) in [5, 5.41) is 3.31. The summed E-state index contributed by atoms with van der Waals surface area (Å²) in [6.07, 6.45) is 15.9. The van der Waals surface area contributed by atoms with Crippen molar-refractivity contribution in [1.82, 2.24) is 0 Å². The van der Waals surface area contributed by atoms with E-state index in [1.165, 1.54) is 69.8 Å². The predicted octanol–water partition coefficient (Wildman–Crippen LogP) is 8.41. The molecule has 0 radical (unpaired) electrons. The van der Waals surface area contributed by atoms with Crippen LogP contribution in [0.15, 0.2) is 16.8 Å². The van der Waals surface area contributed by atoms with Crippen molar-refractivity contribution < 1.29 is 0 Å². The molecule has 29 heavy (non-hydrogen) atoms. The van der Waals surface area contributed by atoms with Gasteiger partial charge in [0.15, 0.2) is 0 Å². The molecule has 166 valence electrons. The number of allylic oxidation sites excluding steroid dienone is 1. The normalized spacial score (nSPS) is 40.3. The minimum Gasteiger partial charge on any atom is -0.150 e. The van der Waals surface area contributed by atoms with E-state index in [1.54, 1.807) is 0 Å². The Kier molecular flexibility index (Phi) is 7.32. The molecule has 0 amide bonds. The maximum Gasteiger partial charge on any atom is 0.103 e. The van der Waals surface area contributed by atoms with Crippen molar-refractivity contribution in [3.05, 3.63) is 16.6 Å². The zero-order valence-corrected chi connectivity index (χ0v) is 20.2. The third-order valence-corrected chi connectivity index (χ3v) is 9.83. The summed E-state index contributed by atoms with van der Waals surface area (Å²) in [5.74, 6) is 5.10. The molecule has 0 heterocycles. The van der Waals surface area contributed by atoms with Crippen LogP contribution in [0.3, 0.4) is 0 Å². The molecule has 0 aromatic rings. The van der Waals surface area contributed by atoms with E-state index in [-0.39, 0.29) is 5.41 Å². The van der Waals surface area contributed by atoms with E-state index in [0.29, 0.717) is 12.0 Å². The molecule has 2 fully saturated rings. The first-order chi connectivity index (χ1) is 13.8. The van der Waals surface area contributed by atoms with Gasteiger partial charge in [-0.3, -0.25) is 0 Å². The molecule has 2 heteroatoms. The van der Waals surface area contributed by atoms with Crippen LogP contribution in [-0.4, -0.2) is 6.54 Å². The van der Waals surface area contributed by atoms with E-state index in [1.807, 2.05) is 0 Å². The summed E-state index contributed by atoms with van der Waals surface area (Å²) >= 11 is 0. The molecular weight excluding hydrogens is 354 g/mol. The minimum atomic E-state index is 0.202. The van der Waals surface area contributed by atoms with Crippen LogP contribution in [0.25, 0.3) is 0 Å². The SMILES string of the molecule is CCCC1(C)C(CN=O)=CCC2C1CCC1(C)C(C(C)CCCC(C)C)CCC21. The molecule has 0 aromatic heterocycles. The standard InChI is InChI=1S/C27H47NO/c1-7-16-26(5)21(18-28-29)11-12-22-24-14-13-23(20(4)10-8-9-19(2)3)27(24,6)17-15-25(22)26/h11,19-20,22-25H,7-10,12-18H2,1-6H3. The van der Waals surface area contributed by atoms with Crippen LogP contribution in [0.2, 0.25) is 0 Å². The topological polar surface area (TPSA) is 29.4 Å². The number of fused-ring (bicyclic) bond motifs is 3. The second-order valence-corrected chi connectivity index (χ2v) is 11.8. The average Bonchev–Trinajstić information content (AvgIpc) is 3.01. The van der Waals surface area contributed by atoms with E-state index >= 15 is 0 Å². The maximum atomic E-state index is 11.1. The van der Waals surface area contributed by atoms with Gasteiger partial charge in [0.25, 0.3) is 0 Å². The molecule has 3 rings (SSSR count). The Hall–Kier alpha value is -0.660. The highest BCUT2D eigenvalue weighted by atomic mass is 16.3. The zero-order chi connectivity index (χ0) is 21.2. The molecule has 2 saturated carbocycles. The lowest BCUT2D eigenvalue weighted by molar-refractivity contribution is -0.0461. The van der Waals surface area contributed by atoms with E-state index in [4.69, 9.17) is 0 Å². The Morgan fingerprint density at radius 3 is 2.52 bits per heavy atom. The number of nitroso groups, excluding NO2 is 1. The monoisotopic (exact) mass is 401 g/mol. The van der Waals surface area contributed by atoms with Gasteiger partial charge in [-0.2, -0.15) is 4.91 Å². The fourth-order valence-corrected chi connectivity index (χ4v) is 8.36. The Morgan fingerprint density at radius 1 is 1.10 bits per heavy atom. The Morgan fingerprint density at radius 2 is 1.86 bits per heavy atom. The Labute approximate surface area is 180 Å². The van der Waals surface area contributed by atoms with Crippen LogP contribution in [-0.2, 0) is 0 Å². The minimum absolute atomic E-state index is 0.202. The van der Waals surface area contributed by atoms with Crippen molar-refractivity contribution in [2.24, 2.45) is 51.5 Å².